The fraction of sp³-hybridized carbons (Fsp3) is 0.688. The van der Waals surface area contributed by atoms with E-state index in [2.05, 4.69) is 24.0 Å². The second kappa shape index (κ2) is 6.02. The Morgan fingerprint density at radius 3 is 2.84 bits per heavy atom. The zero-order valence-corrected chi connectivity index (χ0v) is 11.9. The van der Waals surface area contributed by atoms with Crippen LogP contribution < -0.4 is 0 Å². The predicted octanol–water partition coefficient (Wildman–Crippen LogP) is 2.74. The van der Waals surface area contributed by atoms with Gasteiger partial charge in [-0.25, -0.2) is 0 Å². The van der Waals surface area contributed by atoms with Crippen molar-refractivity contribution in [1.82, 2.24) is 9.88 Å². The van der Waals surface area contributed by atoms with Crippen molar-refractivity contribution < 1.29 is 4.74 Å². The van der Waals surface area contributed by atoms with Crippen LogP contribution in [0.2, 0.25) is 0 Å². The lowest BCUT2D eigenvalue weighted by Crippen LogP contribution is -2.21. The quantitative estimate of drug-likeness (QED) is 0.832. The molecule has 1 aromatic rings. The van der Waals surface area contributed by atoms with Crippen LogP contribution in [0.4, 0.5) is 0 Å². The van der Waals surface area contributed by atoms with Gasteiger partial charge in [0.2, 0.25) is 0 Å². The molecule has 0 spiro atoms. The molecule has 3 heteroatoms. The highest BCUT2D eigenvalue weighted by atomic mass is 16.5. The molecule has 19 heavy (non-hydrogen) atoms. The summed E-state index contributed by atoms with van der Waals surface area (Å²) in [5.74, 6) is 0.566. The summed E-state index contributed by atoms with van der Waals surface area (Å²) in [6.45, 7) is 7.46. The highest BCUT2D eigenvalue weighted by Crippen LogP contribution is 2.28. The Kier molecular flexibility index (Phi) is 4.14. The van der Waals surface area contributed by atoms with Gasteiger partial charge in [-0.15, -0.1) is 0 Å². The van der Waals surface area contributed by atoms with Crippen molar-refractivity contribution in [3.8, 4) is 0 Å². The van der Waals surface area contributed by atoms with E-state index in [1.54, 1.807) is 0 Å². The number of aromatic nitrogens is 1. The molecular weight excluding hydrogens is 236 g/mol. The van der Waals surface area contributed by atoms with Crippen LogP contribution in [-0.2, 0) is 17.7 Å². The van der Waals surface area contributed by atoms with Crippen molar-refractivity contribution in [3.05, 3.63) is 29.1 Å². The Hall–Kier alpha value is -0.930. The minimum Gasteiger partial charge on any atom is -0.381 e. The number of nitrogens with zero attached hydrogens (tertiary/aromatic N) is 2. The number of hydrogen-bond donors (Lipinski definition) is 0. The SMILES string of the molecule is CCc1ccc(C2CCOC2)c(CN2CCCC2)n1. The molecule has 0 amide bonds. The van der Waals surface area contributed by atoms with Crippen LogP contribution in [-0.4, -0.2) is 36.2 Å². The first kappa shape index (κ1) is 13.1. The van der Waals surface area contributed by atoms with Gasteiger partial charge in [0, 0.05) is 24.8 Å². The largest absolute Gasteiger partial charge is 0.381 e. The van der Waals surface area contributed by atoms with Crippen molar-refractivity contribution in [2.75, 3.05) is 26.3 Å². The summed E-state index contributed by atoms with van der Waals surface area (Å²) in [4.78, 5) is 7.44. The maximum Gasteiger partial charge on any atom is 0.0582 e. The zero-order chi connectivity index (χ0) is 13.1. The van der Waals surface area contributed by atoms with Crippen LogP contribution in [0.5, 0.6) is 0 Å². The van der Waals surface area contributed by atoms with Gasteiger partial charge < -0.3 is 4.74 Å². The summed E-state index contributed by atoms with van der Waals surface area (Å²) >= 11 is 0. The number of rotatable bonds is 4. The van der Waals surface area contributed by atoms with Gasteiger partial charge >= 0.3 is 0 Å². The third kappa shape index (κ3) is 2.98. The number of likely N-dealkylation sites (tertiary alicyclic amines) is 1. The molecule has 2 fully saturated rings. The Morgan fingerprint density at radius 2 is 2.16 bits per heavy atom. The van der Waals surface area contributed by atoms with E-state index in [0.717, 1.165) is 32.6 Å². The minimum absolute atomic E-state index is 0.566. The third-order valence-electron chi connectivity index (χ3n) is 4.37. The molecule has 3 heterocycles. The van der Waals surface area contributed by atoms with E-state index >= 15 is 0 Å². The number of ether oxygens (including phenoxy) is 1. The van der Waals surface area contributed by atoms with Crippen molar-refractivity contribution >= 4 is 0 Å². The summed E-state index contributed by atoms with van der Waals surface area (Å²) in [7, 11) is 0. The standard InChI is InChI=1S/C16H24N2O/c1-2-14-5-6-15(13-7-10-19-12-13)16(17-14)11-18-8-3-4-9-18/h5-6,13H,2-4,7-12H2,1H3. The number of pyridine rings is 1. The molecule has 3 rings (SSSR count). The Labute approximate surface area is 116 Å². The third-order valence-corrected chi connectivity index (χ3v) is 4.37. The van der Waals surface area contributed by atoms with Gasteiger partial charge in [-0.1, -0.05) is 13.0 Å². The molecule has 2 aliphatic heterocycles. The molecule has 1 atom stereocenters. The summed E-state index contributed by atoms with van der Waals surface area (Å²) < 4.78 is 5.55. The van der Waals surface area contributed by atoms with Crippen LogP contribution >= 0.6 is 0 Å². The molecule has 2 saturated heterocycles. The summed E-state index contributed by atoms with van der Waals surface area (Å²) in [6, 6.07) is 4.50. The molecule has 0 N–H and O–H groups in total. The molecule has 104 valence electrons. The molecular formula is C16H24N2O. The first-order chi connectivity index (χ1) is 9.36. The van der Waals surface area contributed by atoms with Gasteiger partial charge in [0.15, 0.2) is 0 Å². The summed E-state index contributed by atoms with van der Waals surface area (Å²) in [6.07, 6.45) is 4.86. The van der Waals surface area contributed by atoms with Crippen LogP contribution in [0, 0.1) is 0 Å². The fourth-order valence-corrected chi connectivity index (χ4v) is 3.18. The van der Waals surface area contributed by atoms with Crippen molar-refractivity contribution in [1.29, 1.82) is 0 Å². The van der Waals surface area contributed by atoms with Crippen molar-refractivity contribution in [2.24, 2.45) is 0 Å². The van der Waals surface area contributed by atoms with Gasteiger partial charge in [-0.05, 0) is 50.4 Å². The fourth-order valence-electron chi connectivity index (χ4n) is 3.18. The molecule has 2 aliphatic rings. The van der Waals surface area contributed by atoms with Crippen LogP contribution in [0.25, 0.3) is 0 Å². The second-order valence-electron chi connectivity index (χ2n) is 5.74. The topological polar surface area (TPSA) is 25.4 Å². The van der Waals surface area contributed by atoms with E-state index in [1.807, 2.05) is 0 Å². The molecule has 0 bridgehead atoms. The van der Waals surface area contributed by atoms with Crippen LogP contribution in [0.15, 0.2) is 12.1 Å². The Balaban J connectivity index is 1.83. The lowest BCUT2D eigenvalue weighted by molar-refractivity contribution is 0.193. The average Bonchev–Trinajstić information content (AvgIpc) is 3.11. The first-order valence-corrected chi connectivity index (χ1v) is 7.65. The van der Waals surface area contributed by atoms with Gasteiger partial charge in [0.05, 0.1) is 12.3 Å². The van der Waals surface area contributed by atoms with E-state index in [-0.39, 0.29) is 0 Å². The lowest BCUT2D eigenvalue weighted by Gasteiger charge is -2.19. The predicted molar refractivity (Wildman–Crippen MR) is 76.3 cm³/mol. The Bertz CT molecular complexity index is 421. The average molecular weight is 260 g/mol. The summed E-state index contributed by atoms with van der Waals surface area (Å²) in [5, 5.41) is 0. The van der Waals surface area contributed by atoms with Gasteiger partial charge in [0.1, 0.15) is 0 Å². The number of hydrogen-bond acceptors (Lipinski definition) is 3. The van der Waals surface area contributed by atoms with Gasteiger partial charge in [0.25, 0.3) is 0 Å². The minimum atomic E-state index is 0.566. The van der Waals surface area contributed by atoms with E-state index in [9.17, 15) is 0 Å². The summed E-state index contributed by atoms with van der Waals surface area (Å²) in [5.41, 5.74) is 3.95. The lowest BCUT2D eigenvalue weighted by atomic mass is 9.96. The monoisotopic (exact) mass is 260 g/mol. The maximum atomic E-state index is 5.55. The van der Waals surface area contributed by atoms with E-state index in [4.69, 9.17) is 9.72 Å². The molecule has 0 saturated carbocycles. The normalized spacial score (nSPS) is 24.2. The van der Waals surface area contributed by atoms with Crippen molar-refractivity contribution in [3.63, 3.8) is 0 Å². The highest BCUT2D eigenvalue weighted by molar-refractivity contribution is 5.28. The highest BCUT2D eigenvalue weighted by Gasteiger charge is 2.23. The van der Waals surface area contributed by atoms with Crippen molar-refractivity contribution in [2.45, 2.75) is 45.1 Å². The zero-order valence-electron chi connectivity index (χ0n) is 11.9. The molecule has 0 radical (unpaired) electrons. The first-order valence-electron chi connectivity index (χ1n) is 7.65. The Morgan fingerprint density at radius 1 is 1.32 bits per heavy atom. The van der Waals surface area contributed by atoms with E-state index in [0.29, 0.717) is 5.92 Å². The van der Waals surface area contributed by atoms with E-state index < -0.39 is 0 Å². The molecule has 0 aliphatic carbocycles. The maximum absolute atomic E-state index is 5.55. The smallest absolute Gasteiger partial charge is 0.0582 e. The molecule has 1 unspecified atom stereocenters. The van der Waals surface area contributed by atoms with Gasteiger partial charge in [-0.3, -0.25) is 9.88 Å². The van der Waals surface area contributed by atoms with E-state index in [1.165, 1.54) is 42.9 Å². The molecule has 1 aromatic heterocycles. The van der Waals surface area contributed by atoms with Crippen LogP contribution in [0.3, 0.4) is 0 Å². The number of aryl methyl sites for hydroxylation is 1. The molecule has 3 nitrogen and oxygen atoms in total. The molecule has 0 aromatic carbocycles. The van der Waals surface area contributed by atoms with Gasteiger partial charge in [-0.2, -0.15) is 0 Å². The second-order valence-corrected chi connectivity index (χ2v) is 5.74. The van der Waals surface area contributed by atoms with Crippen LogP contribution in [0.1, 0.15) is 49.1 Å².